The summed E-state index contributed by atoms with van der Waals surface area (Å²) in [6.07, 6.45) is 2.82. The van der Waals surface area contributed by atoms with Crippen LogP contribution in [0.5, 0.6) is 11.5 Å². The molecule has 8 nitrogen and oxygen atoms in total. The summed E-state index contributed by atoms with van der Waals surface area (Å²) in [5.74, 6) is 2.51. The fourth-order valence-corrected chi connectivity index (χ4v) is 4.79. The molecule has 2 aromatic carbocycles. The van der Waals surface area contributed by atoms with Crippen molar-refractivity contribution in [3.05, 3.63) is 53.9 Å². The van der Waals surface area contributed by atoms with Crippen LogP contribution in [0.1, 0.15) is 24.3 Å². The number of para-hydroxylation sites is 1. The number of amides is 1. The highest BCUT2D eigenvalue weighted by Crippen LogP contribution is 2.32. The molecule has 0 radical (unpaired) electrons. The molecule has 3 heterocycles. The molecule has 172 valence electrons. The number of ether oxygens (including phenoxy) is 2. The van der Waals surface area contributed by atoms with E-state index in [-0.39, 0.29) is 11.8 Å². The Morgan fingerprint density at radius 3 is 2.82 bits per heavy atom. The molecule has 1 saturated heterocycles. The number of methoxy groups -OCH3 is 2. The van der Waals surface area contributed by atoms with Crippen molar-refractivity contribution in [2.45, 2.75) is 25.8 Å². The number of piperidine rings is 1. The van der Waals surface area contributed by atoms with Crippen LogP contribution in [-0.2, 0) is 17.8 Å². The lowest BCUT2D eigenvalue weighted by Gasteiger charge is -2.33. The van der Waals surface area contributed by atoms with Crippen molar-refractivity contribution < 1.29 is 18.8 Å². The normalized spacial score (nSPS) is 18.2. The van der Waals surface area contributed by atoms with Crippen LogP contribution in [-0.4, -0.2) is 54.8 Å². The molecule has 2 aliphatic heterocycles. The van der Waals surface area contributed by atoms with E-state index in [0.29, 0.717) is 36.3 Å². The lowest BCUT2D eigenvalue weighted by atomic mass is 9.96. The first-order valence-electron chi connectivity index (χ1n) is 11.3. The highest BCUT2D eigenvalue weighted by Gasteiger charge is 2.33. The summed E-state index contributed by atoms with van der Waals surface area (Å²) in [6.45, 7) is 2.91. The first-order chi connectivity index (χ1) is 16.2. The van der Waals surface area contributed by atoms with Gasteiger partial charge in [-0.2, -0.15) is 4.98 Å². The molecule has 1 amide bonds. The Morgan fingerprint density at radius 2 is 1.97 bits per heavy atom. The Balaban J connectivity index is 1.25. The van der Waals surface area contributed by atoms with E-state index in [1.165, 1.54) is 5.56 Å². The van der Waals surface area contributed by atoms with Crippen molar-refractivity contribution in [3.8, 4) is 22.9 Å². The monoisotopic (exact) mass is 448 g/mol. The third-order valence-corrected chi connectivity index (χ3v) is 6.48. The van der Waals surface area contributed by atoms with E-state index in [2.05, 4.69) is 27.2 Å². The van der Waals surface area contributed by atoms with Gasteiger partial charge in [-0.05, 0) is 55.6 Å². The number of hydrogen-bond donors (Lipinski definition) is 0. The van der Waals surface area contributed by atoms with Gasteiger partial charge in [0.2, 0.25) is 17.6 Å². The van der Waals surface area contributed by atoms with Crippen LogP contribution in [0.3, 0.4) is 0 Å². The third-order valence-electron chi connectivity index (χ3n) is 6.48. The summed E-state index contributed by atoms with van der Waals surface area (Å²) in [5, 5.41) is 4.14. The standard InChI is InChI=1S/C25H28N4O4/c1-31-21-10-9-18(14-22(21)32-2)24-26-23(33-27-24)16-28-12-5-7-19(15-28)25(30)29-13-11-17-6-3-4-8-20(17)29/h3-4,6,8-10,14,19H,5,7,11-13,15-16H2,1-2H3. The third kappa shape index (κ3) is 4.30. The predicted molar refractivity (Wildman–Crippen MR) is 123 cm³/mol. The zero-order chi connectivity index (χ0) is 22.8. The SMILES string of the molecule is COc1ccc(-c2noc(CN3CCCC(C(=O)N4CCc5ccccc54)C3)n2)cc1OC. The number of hydrogen-bond acceptors (Lipinski definition) is 7. The summed E-state index contributed by atoms with van der Waals surface area (Å²) in [4.78, 5) is 22.1. The Hall–Kier alpha value is -3.39. The van der Waals surface area contributed by atoms with Crippen molar-refractivity contribution in [2.24, 2.45) is 5.92 Å². The van der Waals surface area contributed by atoms with Gasteiger partial charge in [0.25, 0.3) is 0 Å². The highest BCUT2D eigenvalue weighted by atomic mass is 16.5. The molecule has 2 aliphatic rings. The largest absolute Gasteiger partial charge is 0.493 e. The molecular formula is C25H28N4O4. The van der Waals surface area contributed by atoms with Crippen molar-refractivity contribution in [1.29, 1.82) is 0 Å². The maximum Gasteiger partial charge on any atom is 0.241 e. The van der Waals surface area contributed by atoms with Crippen molar-refractivity contribution in [1.82, 2.24) is 15.0 Å². The molecule has 0 N–H and O–H groups in total. The van der Waals surface area contributed by atoms with Crippen LogP contribution in [0.25, 0.3) is 11.4 Å². The smallest absolute Gasteiger partial charge is 0.241 e. The first kappa shape index (κ1) is 21.5. The topological polar surface area (TPSA) is 80.9 Å². The minimum absolute atomic E-state index is 0.0156. The van der Waals surface area contributed by atoms with Gasteiger partial charge in [0.1, 0.15) is 0 Å². The molecule has 1 aromatic heterocycles. The number of benzene rings is 2. The van der Waals surface area contributed by atoms with E-state index in [4.69, 9.17) is 14.0 Å². The fourth-order valence-electron chi connectivity index (χ4n) is 4.79. The van der Waals surface area contributed by atoms with E-state index in [1.54, 1.807) is 14.2 Å². The van der Waals surface area contributed by atoms with Crippen LogP contribution < -0.4 is 14.4 Å². The van der Waals surface area contributed by atoms with E-state index < -0.39 is 0 Å². The molecule has 1 unspecified atom stereocenters. The number of carbonyl (C=O) groups excluding carboxylic acids is 1. The molecule has 0 bridgehead atoms. The maximum absolute atomic E-state index is 13.3. The van der Waals surface area contributed by atoms with Crippen LogP contribution in [0.15, 0.2) is 47.0 Å². The van der Waals surface area contributed by atoms with Crippen LogP contribution in [0, 0.1) is 5.92 Å². The summed E-state index contributed by atoms with van der Waals surface area (Å²) in [6, 6.07) is 13.7. The van der Waals surface area contributed by atoms with Gasteiger partial charge in [-0.1, -0.05) is 23.4 Å². The number of rotatable bonds is 6. The number of aromatic nitrogens is 2. The van der Waals surface area contributed by atoms with Crippen molar-refractivity contribution >= 4 is 11.6 Å². The van der Waals surface area contributed by atoms with Gasteiger partial charge < -0.3 is 18.9 Å². The molecule has 8 heteroatoms. The molecule has 0 spiro atoms. The lowest BCUT2D eigenvalue weighted by Crippen LogP contribution is -2.44. The molecular weight excluding hydrogens is 420 g/mol. The van der Waals surface area contributed by atoms with Gasteiger partial charge in [-0.3, -0.25) is 9.69 Å². The van der Waals surface area contributed by atoms with Gasteiger partial charge >= 0.3 is 0 Å². The molecule has 1 atom stereocenters. The van der Waals surface area contributed by atoms with E-state index in [1.807, 2.05) is 35.2 Å². The van der Waals surface area contributed by atoms with Gasteiger partial charge in [0, 0.05) is 24.3 Å². The number of anilines is 1. The molecule has 5 rings (SSSR count). The second kappa shape index (κ2) is 9.23. The summed E-state index contributed by atoms with van der Waals surface area (Å²) >= 11 is 0. The average Bonchev–Trinajstić information content (AvgIpc) is 3.50. The van der Waals surface area contributed by atoms with Crippen molar-refractivity contribution in [2.75, 3.05) is 38.8 Å². The minimum Gasteiger partial charge on any atom is -0.493 e. The summed E-state index contributed by atoms with van der Waals surface area (Å²) in [7, 11) is 3.20. The predicted octanol–water partition coefficient (Wildman–Crippen LogP) is 3.56. The van der Waals surface area contributed by atoms with Gasteiger partial charge in [-0.25, -0.2) is 0 Å². The molecule has 0 saturated carbocycles. The first-order valence-corrected chi connectivity index (χ1v) is 11.3. The van der Waals surface area contributed by atoms with Crippen LogP contribution in [0.2, 0.25) is 0 Å². The highest BCUT2D eigenvalue weighted by molar-refractivity contribution is 5.97. The van der Waals surface area contributed by atoms with Crippen LogP contribution >= 0.6 is 0 Å². The Labute approximate surface area is 193 Å². The van der Waals surface area contributed by atoms with Gasteiger partial charge in [0.05, 0.1) is 26.7 Å². The maximum atomic E-state index is 13.3. The van der Waals surface area contributed by atoms with E-state index in [9.17, 15) is 4.79 Å². The zero-order valence-electron chi connectivity index (χ0n) is 19.0. The number of nitrogens with zero attached hydrogens (tertiary/aromatic N) is 4. The molecule has 33 heavy (non-hydrogen) atoms. The minimum atomic E-state index is -0.0156. The van der Waals surface area contributed by atoms with E-state index in [0.717, 1.165) is 43.6 Å². The Bertz CT molecular complexity index is 1140. The number of fused-ring (bicyclic) bond motifs is 1. The lowest BCUT2D eigenvalue weighted by molar-refractivity contribution is -0.124. The van der Waals surface area contributed by atoms with Crippen molar-refractivity contribution in [3.63, 3.8) is 0 Å². The Morgan fingerprint density at radius 1 is 1.12 bits per heavy atom. The second-order valence-corrected chi connectivity index (χ2v) is 8.52. The van der Waals surface area contributed by atoms with Gasteiger partial charge in [-0.15, -0.1) is 0 Å². The van der Waals surface area contributed by atoms with Crippen LogP contribution in [0.4, 0.5) is 5.69 Å². The molecule has 3 aromatic rings. The number of carbonyl (C=O) groups is 1. The molecule has 1 fully saturated rings. The second-order valence-electron chi connectivity index (χ2n) is 8.52. The summed E-state index contributed by atoms with van der Waals surface area (Å²) in [5.41, 5.74) is 3.12. The quantitative estimate of drug-likeness (QED) is 0.570. The zero-order valence-corrected chi connectivity index (χ0v) is 19.0. The fraction of sp³-hybridized carbons (Fsp3) is 0.400. The molecule has 0 aliphatic carbocycles. The summed E-state index contributed by atoms with van der Waals surface area (Å²) < 4.78 is 16.2. The average molecular weight is 449 g/mol. The van der Waals surface area contributed by atoms with Gasteiger partial charge in [0.15, 0.2) is 11.5 Å². The van der Waals surface area contributed by atoms with E-state index >= 15 is 0 Å². The Kier molecular flexibility index (Phi) is 6.00. The number of likely N-dealkylation sites (tertiary alicyclic amines) is 1.